The molecule has 0 aliphatic carbocycles. The van der Waals surface area contributed by atoms with Crippen molar-refractivity contribution in [3.05, 3.63) is 63.6 Å². The van der Waals surface area contributed by atoms with Crippen LogP contribution < -0.4 is 5.73 Å². The van der Waals surface area contributed by atoms with Crippen LogP contribution in [0.1, 0.15) is 34.5 Å². The second-order valence-electron chi connectivity index (χ2n) is 6.58. The number of hydrogen-bond acceptors (Lipinski definition) is 4. The van der Waals surface area contributed by atoms with Crippen molar-refractivity contribution in [3.63, 3.8) is 0 Å². The lowest BCUT2D eigenvalue weighted by Gasteiger charge is -2.39. The van der Waals surface area contributed by atoms with Crippen molar-refractivity contribution in [1.29, 1.82) is 0 Å². The number of alkyl halides is 3. The third-order valence-corrected chi connectivity index (χ3v) is 5.15. The summed E-state index contributed by atoms with van der Waals surface area (Å²) in [7, 11) is 0. The highest BCUT2D eigenvalue weighted by Gasteiger charge is 2.58. The molecule has 148 valence electrons. The van der Waals surface area contributed by atoms with Crippen molar-refractivity contribution in [1.82, 2.24) is 4.98 Å². The van der Waals surface area contributed by atoms with E-state index in [-0.39, 0.29) is 29.9 Å². The first-order chi connectivity index (χ1) is 13.2. The molecule has 0 saturated heterocycles. The predicted octanol–water partition coefficient (Wildman–Crippen LogP) is 4.36. The lowest BCUT2D eigenvalue weighted by molar-refractivity contribution is -0.0959. The molecular formula is C19H16BrF4N3O. The number of rotatable bonds is 5. The Bertz CT molecular complexity index is 933. The molecule has 1 aliphatic heterocycles. The molecule has 0 fully saturated rings. The van der Waals surface area contributed by atoms with E-state index in [1.165, 1.54) is 18.3 Å². The zero-order valence-corrected chi connectivity index (χ0v) is 16.1. The topological polar surface area (TPSA) is 68.3 Å². The number of halogens is 5. The Balaban J connectivity index is 2.00. The molecule has 2 aromatic rings. The van der Waals surface area contributed by atoms with E-state index in [2.05, 4.69) is 25.9 Å². The normalized spacial score (nSPS) is 21.2. The van der Waals surface area contributed by atoms with Gasteiger partial charge in [0.1, 0.15) is 18.2 Å². The molecule has 1 aliphatic rings. The number of carbonyl (C=O) groups excluding carboxylic acids is 1. The maximum Gasteiger partial charge on any atom is 0.280 e. The van der Waals surface area contributed by atoms with Gasteiger partial charge < -0.3 is 5.73 Å². The zero-order chi connectivity index (χ0) is 20.5. The largest absolute Gasteiger partial charge is 0.387 e. The van der Waals surface area contributed by atoms with Gasteiger partial charge in [-0.25, -0.2) is 17.6 Å². The van der Waals surface area contributed by atoms with Crippen LogP contribution in [0, 0.1) is 5.82 Å². The van der Waals surface area contributed by atoms with Crippen LogP contribution in [0.2, 0.25) is 0 Å². The molecule has 1 atom stereocenters. The summed E-state index contributed by atoms with van der Waals surface area (Å²) < 4.78 is 58.2. The Morgan fingerprint density at radius 3 is 2.64 bits per heavy atom. The van der Waals surface area contributed by atoms with Crippen LogP contribution in [0.25, 0.3) is 0 Å². The van der Waals surface area contributed by atoms with Gasteiger partial charge in [-0.1, -0.05) is 6.07 Å². The van der Waals surface area contributed by atoms with E-state index < -0.39 is 41.7 Å². The van der Waals surface area contributed by atoms with Gasteiger partial charge in [-0.15, -0.1) is 0 Å². The van der Waals surface area contributed by atoms with Gasteiger partial charge in [-0.2, -0.15) is 0 Å². The number of benzene rings is 1. The molecule has 0 unspecified atom stereocenters. The highest BCUT2D eigenvalue weighted by molar-refractivity contribution is 9.10. The fraction of sp³-hybridized carbons (Fsp3) is 0.316. The van der Waals surface area contributed by atoms with Crippen LogP contribution in [-0.4, -0.2) is 29.2 Å². The number of amidine groups is 1. The maximum atomic E-state index is 14.6. The number of Topliss-reactive ketones (excluding diaryl/α,β-unsaturated/α-hetero) is 1. The number of ketones is 1. The highest BCUT2D eigenvalue weighted by atomic mass is 79.9. The molecule has 0 bridgehead atoms. The van der Waals surface area contributed by atoms with Crippen molar-refractivity contribution < 1.29 is 22.4 Å². The van der Waals surface area contributed by atoms with Gasteiger partial charge in [-0.05, 0) is 45.8 Å². The average Bonchev–Trinajstić information content (AvgIpc) is 2.66. The standard InChI is InChI=1S/C19H16BrF4N3O/c20-12-2-4-15(26-9-12)16(28)8-11-1-3-14(22)13(7-11)18(10-21)19(23,24)6-5-17(25)27-18/h1-4,7,9H,5-6,8,10H2,(H2,25,27)/t18-/m1/s1. The van der Waals surface area contributed by atoms with Crippen LogP contribution in [0.4, 0.5) is 17.6 Å². The minimum Gasteiger partial charge on any atom is -0.387 e. The molecule has 0 spiro atoms. The average molecular weight is 458 g/mol. The van der Waals surface area contributed by atoms with Gasteiger partial charge in [-0.3, -0.25) is 14.8 Å². The van der Waals surface area contributed by atoms with E-state index >= 15 is 0 Å². The summed E-state index contributed by atoms with van der Waals surface area (Å²) in [5.74, 6) is -5.21. The van der Waals surface area contributed by atoms with Gasteiger partial charge in [0.05, 0.1) is 5.84 Å². The quantitative estimate of drug-likeness (QED) is 0.535. The van der Waals surface area contributed by atoms with E-state index in [9.17, 15) is 22.4 Å². The van der Waals surface area contributed by atoms with E-state index in [1.54, 1.807) is 6.07 Å². The zero-order valence-electron chi connectivity index (χ0n) is 14.6. The fourth-order valence-electron chi connectivity index (χ4n) is 3.15. The second-order valence-corrected chi connectivity index (χ2v) is 7.49. The first kappa shape index (κ1) is 20.4. The van der Waals surface area contributed by atoms with Gasteiger partial charge in [0.25, 0.3) is 5.92 Å². The van der Waals surface area contributed by atoms with Gasteiger partial charge in [0, 0.05) is 35.5 Å². The molecule has 1 aromatic carbocycles. The Kier molecular flexibility index (Phi) is 5.56. The summed E-state index contributed by atoms with van der Waals surface area (Å²) in [4.78, 5) is 20.0. The number of nitrogens with two attached hydrogens (primary N) is 1. The first-order valence-electron chi connectivity index (χ1n) is 8.40. The molecule has 4 nitrogen and oxygen atoms in total. The van der Waals surface area contributed by atoms with E-state index in [0.29, 0.717) is 4.47 Å². The van der Waals surface area contributed by atoms with Gasteiger partial charge >= 0.3 is 0 Å². The lowest BCUT2D eigenvalue weighted by Crippen LogP contribution is -2.51. The van der Waals surface area contributed by atoms with Gasteiger partial charge in [0.15, 0.2) is 11.3 Å². The minimum atomic E-state index is -3.62. The number of carbonyl (C=O) groups is 1. The SMILES string of the molecule is NC1=N[C@](CF)(c2cc(CC(=O)c3ccc(Br)cn3)ccc2F)C(F)(F)CC1. The van der Waals surface area contributed by atoms with E-state index in [1.807, 2.05) is 0 Å². The minimum absolute atomic E-state index is 0.163. The molecule has 9 heteroatoms. The smallest absolute Gasteiger partial charge is 0.280 e. The summed E-state index contributed by atoms with van der Waals surface area (Å²) in [6.07, 6.45) is 0.290. The van der Waals surface area contributed by atoms with Crippen molar-refractivity contribution in [2.24, 2.45) is 10.7 Å². The summed E-state index contributed by atoms with van der Waals surface area (Å²) in [6.45, 7) is -1.62. The number of pyridine rings is 1. The molecule has 0 radical (unpaired) electrons. The van der Waals surface area contributed by atoms with Crippen LogP contribution in [0.15, 0.2) is 46.0 Å². The molecule has 0 amide bonds. The number of aliphatic imine (C=N–C) groups is 1. The van der Waals surface area contributed by atoms with E-state index in [4.69, 9.17) is 5.73 Å². The van der Waals surface area contributed by atoms with Crippen molar-refractivity contribution >= 4 is 27.5 Å². The van der Waals surface area contributed by atoms with Crippen molar-refractivity contribution in [2.45, 2.75) is 30.7 Å². The monoisotopic (exact) mass is 457 g/mol. The number of hydrogen-bond donors (Lipinski definition) is 1. The van der Waals surface area contributed by atoms with E-state index in [0.717, 1.165) is 12.1 Å². The lowest BCUT2D eigenvalue weighted by atomic mass is 9.79. The van der Waals surface area contributed by atoms with Crippen molar-refractivity contribution in [2.75, 3.05) is 6.67 Å². The van der Waals surface area contributed by atoms with Crippen LogP contribution in [0.5, 0.6) is 0 Å². The molecule has 28 heavy (non-hydrogen) atoms. The Morgan fingerprint density at radius 2 is 2.00 bits per heavy atom. The van der Waals surface area contributed by atoms with Crippen LogP contribution in [0.3, 0.4) is 0 Å². The summed E-state index contributed by atoms with van der Waals surface area (Å²) in [5, 5.41) is 0. The van der Waals surface area contributed by atoms with Crippen molar-refractivity contribution in [3.8, 4) is 0 Å². The Hall–Kier alpha value is -2.29. The second kappa shape index (κ2) is 7.62. The Morgan fingerprint density at radius 1 is 1.25 bits per heavy atom. The molecule has 0 saturated carbocycles. The number of aromatic nitrogens is 1. The third kappa shape index (κ3) is 3.67. The third-order valence-electron chi connectivity index (χ3n) is 4.68. The molecule has 2 N–H and O–H groups in total. The molecule has 3 rings (SSSR count). The highest BCUT2D eigenvalue weighted by Crippen LogP contribution is 2.48. The Labute approximate surface area is 167 Å². The molecule has 1 aromatic heterocycles. The van der Waals surface area contributed by atoms with Crippen LogP contribution in [-0.2, 0) is 12.0 Å². The first-order valence-corrected chi connectivity index (χ1v) is 9.19. The molecular weight excluding hydrogens is 442 g/mol. The molecule has 2 heterocycles. The predicted molar refractivity (Wildman–Crippen MR) is 99.8 cm³/mol. The van der Waals surface area contributed by atoms with Gasteiger partial charge in [0.2, 0.25) is 0 Å². The summed E-state index contributed by atoms with van der Waals surface area (Å²) in [5.41, 5.74) is 2.62. The summed E-state index contributed by atoms with van der Waals surface area (Å²) >= 11 is 3.21. The van der Waals surface area contributed by atoms with Crippen LogP contribution >= 0.6 is 15.9 Å². The maximum absolute atomic E-state index is 14.6. The fourth-order valence-corrected chi connectivity index (χ4v) is 3.38. The summed E-state index contributed by atoms with van der Waals surface area (Å²) in [6, 6.07) is 6.41. The number of nitrogens with zero attached hydrogens (tertiary/aromatic N) is 2.